The number of unbranched alkanes of at least 4 members (excludes halogenated alkanes) is 2. The molecule has 5 N–H and O–H groups in total. The first-order chi connectivity index (χ1) is 29.3. The van der Waals surface area contributed by atoms with Crippen molar-refractivity contribution in [1.29, 1.82) is 0 Å². The molecule has 16 nitrogen and oxygen atoms in total. The van der Waals surface area contributed by atoms with Gasteiger partial charge in [-0.25, -0.2) is 4.39 Å². The highest BCUT2D eigenvalue weighted by atomic mass is 19.1. The number of aryl methyl sites for hydroxylation is 1. The lowest BCUT2D eigenvalue weighted by molar-refractivity contribution is -0.149. The summed E-state index contributed by atoms with van der Waals surface area (Å²) >= 11 is 0. The van der Waals surface area contributed by atoms with Crippen LogP contribution in [-0.2, 0) is 19.2 Å². The number of carbonyl (C=O) groups is 7. The van der Waals surface area contributed by atoms with Crippen LogP contribution in [-0.4, -0.2) is 138 Å². The number of halogens is 1. The Morgan fingerprint density at radius 2 is 1.61 bits per heavy atom. The molecule has 322 valence electrons. The molecule has 1 atom stereocenters. The molecular weight excluding hydrogens is 786 g/mol. The highest BCUT2D eigenvalue weighted by Gasteiger charge is 2.47. The fraction of sp³-hybridized carbons (Fsp3) is 0.432. The maximum Gasteiger partial charge on any atom is 0.264 e. The SMILES string of the molecule is Cc1[nH]c(/C=C2\C(=O)Nc3ccc(F)cc32)c(C)c1C(=O)NCCCN1CCN(CC(=O)NCCCCCNc2cccc3c2C(=O)N(C2CCC(=O)N(C)C2=O)C3=O)CC1. The molecule has 0 radical (unpaired) electrons. The molecule has 1 unspecified atom stereocenters. The molecule has 17 heteroatoms. The predicted octanol–water partition coefficient (Wildman–Crippen LogP) is 3.14. The van der Waals surface area contributed by atoms with E-state index in [2.05, 4.69) is 36.1 Å². The maximum absolute atomic E-state index is 13.9. The quantitative estimate of drug-likeness (QED) is 0.0813. The lowest BCUT2D eigenvalue weighted by Crippen LogP contribution is -2.54. The van der Waals surface area contributed by atoms with E-state index in [1.165, 1.54) is 25.2 Å². The van der Waals surface area contributed by atoms with Crippen LogP contribution in [0.4, 0.5) is 15.8 Å². The first-order valence-corrected chi connectivity index (χ1v) is 20.9. The molecule has 61 heavy (non-hydrogen) atoms. The summed E-state index contributed by atoms with van der Waals surface area (Å²) in [6.45, 7) is 9.54. The summed E-state index contributed by atoms with van der Waals surface area (Å²) in [5.41, 5.74) is 4.90. The Morgan fingerprint density at radius 3 is 2.39 bits per heavy atom. The van der Waals surface area contributed by atoms with E-state index in [1.807, 2.05) is 13.8 Å². The highest BCUT2D eigenvalue weighted by molar-refractivity contribution is 6.35. The molecule has 2 saturated heterocycles. The van der Waals surface area contributed by atoms with Crippen molar-refractivity contribution >= 4 is 64.4 Å². The van der Waals surface area contributed by atoms with Gasteiger partial charge in [0.15, 0.2) is 0 Å². The molecule has 3 aromatic rings. The van der Waals surface area contributed by atoms with Gasteiger partial charge in [0.05, 0.1) is 28.8 Å². The van der Waals surface area contributed by atoms with E-state index in [0.29, 0.717) is 71.2 Å². The number of likely N-dealkylation sites (tertiary alicyclic amines) is 1. The smallest absolute Gasteiger partial charge is 0.264 e. The second kappa shape index (κ2) is 18.6. The number of H-pyrrole nitrogens is 1. The van der Waals surface area contributed by atoms with Gasteiger partial charge in [0, 0.05) is 87.6 Å². The second-order valence-electron chi connectivity index (χ2n) is 16.0. The van der Waals surface area contributed by atoms with Crippen LogP contribution in [0.3, 0.4) is 0 Å². The minimum Gasteiger partial charge on any atom is -0.384 e. The maximum atomic E-state index is 13.9. The number of benzene rings is 2. The van der Waals surface area contributed by atoms with Crippen molar-refractivity contribution in [2.45, 2.75) is 58.4 Å². The number of piperidine rings is 1. The van der Waals surface area contributed by atoms with E-state index in [4.69, 9.17) is 0 Å². The normalized spacial score (nSPS) is 18.8. The predicted molar refractivity (Wildman–Crippen MR) is 226 cm³/mol. The molecule has 7 amide bonds. The van der Waals surface area contributed by atoms with E-state index < -0.39 is 29.6 Å². The van der Waals surface area contributed by atoms with Crippen LogP contribution >= 0.6 is 0 Å². The number of carbonyl (C=O) groups excluding carboxylic acids is 7. The van der Waals surface area contributed by atoms with Gasteiger partial charge in [-0.1, -0.05) is 6.07 Å². The van der Waals surface area contributed by atoms with Crippen molar-refractivity contribution in [2.24, 2.45) is 0 Å². The van der Waals surface area contributed by atoms with Crippen LogP contribution < -0.4 is 21.3 Å². The average molecular weight is 838 g/mol. The van der Waals surface area contributed by atoms with E-state index in [0.717, 1.165) is 68.2 Å². The van der Waals surface area contributed by atoms with Crippen molar-refractivity contribution in [1.82, 2.24) is 35.2 Å². The Morgan fingerprint density at radius 1 is 0.869 bits per heavy atom. The monoisotopic (exact) mass is 837 g/mol. The summed E-state index contributed by atoms with van der Waals surface area (Å²) in [6.07, 6.45) is 5.01. The van der Waals surface area contributed by atoms with Gasteiger partial charge in [-0.3, -0.25) is 48.3 Å². The van der Waals surface area contributed by atoms with Gasteiger partial charge in [-0.15, -0.1) is 0 Å². The summed E-state index contributed by atoms with van der Waals surface area (Å²) in [6, 6.07) is 8.16. The van der Waals surface area contributed by atoms with E-state index >= 15 is 0 Å². The number of piperazine rings is 1. The number of nitrogens with one attached hydrogen (secondary N) is 5. The Bertz CT molecular complexity index is 2300. The number of imide groups is 2. The largest absolute Gasteiger partial charge is 0.384 e. The zero-order valence-corrected chi connectivity index (χ0v) is 34.7. The molecule has 2 fully saturated rings. The molecule has 5 heterocycles. The van der Waals surface area contributed by atoms with Gasteiger partial charge < -0.3 is 31.2 Å². The zero-order chi connectivity index (χ0) is 43.4. The van der Waals surface area contributed by atoms with Gasteiger partial charge in [-0.2, -0.15) is 0 Å². The number of aromatic amines is 1. The van der Waals surface area contributed by atoms with Crippen LogP contribution in [0.15, 0.2) is 36.4 Å². The molecule has 0 bridgehead atoms. The number of hydrogen-bond acceptors (Lipinski definition) is 10. The number of fused-ring (bicyclic) bond motifs is 2. The van der Waals surface area contributed by atoms with Crippen molar-refractivity contribution in [3.05, 3.63) is 81.4 Å². The molecule has 0 aliphatic carbocycles. The molecule has 2 aromatic carbocycles. The van der Waals surface area contributed by atoms with Crippen molar-refractivity contribution in [3.63, 3.8) is 0 Å². The lowest BCUT2D eigenvalue weighted by Gasteiger charge is -2.34. The summed E-state index contributed by atoms with van der Waals surface area (Å²) in [5, 5.41) is 12.0. The summed E-state index contributed by atoms with van der Waals surface area (Å²) in [7, 11) is 1.36. The standard InChI is InChI=1S/C44H52FN9O7/c1-26-34(24-31-30-23-28(45)11-12-32(30)50-40(31)57)49-27(2)38(26)41(58)48-17-8-18-52-19-21-53(22-20-52)25-36(55)47-16-6-4-5-15-46-33-10-7-9-29-39(33)44(61)54(42(29)59)35-13-14-37(56)51(3)43(35)60/h7,9-12,23-24,35,46,49H,4-6,8,13-22,25H2,1-3H3,(H,47,55)(H,48,58)(H,50,57)/b31-24-. The fourth-order valence-electron chi connectivity index (χ4n) is 8.48. The topological polar surface area (TPSA) is 196 Å². The van der Waals surface area contributed by atoms with Gasteiger partial charge in [0.25, 0.3) is 29.5 Å². The van der Waals surface area contributed by atoms with E-state index in [-0.39, 0.29) is 47.6 Å². The second-order valence-corrected chi connectivity index (χ2v) is 16.0. The molecule has 0 spiro atoms. The Labute approximate surface area is 353 Å². The Balaban J connectivity index is 0.755. The number of anilines is 2. The molecule has 1 aromatic heterocycles. The Hall–Kier alpha value is -6.20. The summed E-state index contributed by atoms with van der Waals surface area (Å²) < 4.78 is 13.9. The van der Waals surface area contributed by atoms with Gasteiger partial charge >= 0.3 is 0 Å². The fourth-order valence-corrected chi connectivity index (χ4v) is 8.48. The minimum absolute atomic E-state index is 0.0196. The third kappa shape index (κ3) is 9.27. The first-order valence-electron chi connectivity index (χ1n) is 20.9. The van der Waals surface area contributed by atoms with Crippen molar-refractivity contribution in [2.75, 3.05) is 76.6 Å². The van der Waals surface area contributed by atoms with Crippen LogP contribution in [0.2, 0.25) is 0 Å². The molecule has 4 aliphatic rings. The third-order valence-electron chi connectivity index (χ3n) is 11.9. The van der Waals surface area contributed by atoms with Crippen LogP contribution in [0.25, 0.3) is 11.6 Å². The van der Waals surface area contributed by atoms with E-state index in [9.17, 15) is 38.0 Å². The van der Waals surface area contributed by atoms with Gasteiger partial charge in [0.1, 0.15) is 11.9 Å². The van der Waals surface area contributed by atoms with Crippen LogP contribution in [0.1, 0.15) is 92.1 Å². The van der Waals surface area contributed by atoms with Gasteiger partial charge in [0.2, 0.25) is 11.8 Å². The number of rotatable bonds is 16. The number of aromatic nitrogens is 1. The number of hydrogen-bond donors (Lipinski definition) is 5. The zero-order valence-electron chi connectivity index (χ0n) is 34.7. The number of nitrogens with zero attached hydrogens (tertiary/aromatic N) is 4. The highest BCUT2D eigenvalue weighted by Crippen LogP contribution is 2.35. The Kier molecular flexibility index (Phi) is 13.1. The minimum atomic E-state index is -1.00. The molecule has 0 saturated carbocycles. The van der Waals surface area contributed by atoms with Gasteiger partial charge in [-0.05, 0) is 94.5 Å². The van der Waals surface area contributed by atoms with Crippen LogP contribution in [0.5, 0.6) is 0 Å². The number of amides is 7. The van der Waals surface area contributed by atoms with Crippen LogP contribution in [0, 0.1) is 19.7 Å². The number of likely N-dealkylation sites (N-methyl/N-ethyl adjacent to an activating group) is 1. The molecule has 4 aliphatic heterocycles. The van der Waals surface area contributed by atoms with E-state index in [1.54, 1.807) is 24.3 Å². The average Bonchev–Trinajstić information content (AvgIpc) is 3.80. The molecule has 7 rings (SSSR count). The molecular formula is C44H52FN9O7. The summed E-state index contributed by atoms with van der Waals surface area (Å²) in [5.74, 6) is -2.94. The first kappa shape index (κ1) is 42.9. The third-order valence-corrected chi connectivity index (χ3v) is 11.9. The lowest BCUT2D eigenvalue weighted by atomic mass is 10.0. The summed E-state index contributed by atoms with van der Waals surface area (Å²) in [4.78, 5) is 99.4. The van der Waals surface area contributed by atoms with Crippen molar-refractivity contribution < 1.29 is 38.0 Å². The van der Waals surface area contributed by atoms with Crippen molar-refractivity contribution in [3.8, 4) is 0 Å².